The predicted molar refractivity (Wildman–Crippen MR) is 86.2 cm³/mol. The summed E-state index contributed by atoms with van der Waals surface area (Å²) in [4.78, 5) is 25.2. The van der Waals surface area contributed by atoms with Gasteiger partial charge in [0, 0.05) is 18.8 Å². The number of H-pyrrole nitrogens is 1. The molecule has 0 saturated carbocycles. The highest BCUT2D eigenvalue weighted by molar-refractivity contribution is 5.78. The Labute approximate surface area is 137 Å². The smallest absolute Gasteiger partial charge is 0.236 e. The van der Waals surface area contributed by atoms with E-state index in [1.54, 1.807) is 0 Å². The number of aromatic nitrogens is 2. The van der Waals surface area contributed by atoms with Crippen molar-refractivity contribution >= 4 is 5.91 Å². The summed E-state index contributed by atoms with van der Waals surface area (Å²) in [6, 6.07) is 0.283. The minimum atomic E-state index is 0.233. The number of amides is 1. The van der Waals surface area contributed by atoms with Crippen LogP contribution >= 0.6 is 0 Å². The summed E-state index contributed by atoms with van der Waals surface area (Å²) >= 11 is 0. The van der Waals surface area contributed by atoms with E-state index in [0.717, 1.165) is 51.1 Å². The molecule has 1 N–H and O–H groups in total. The minimum Gasteiger partial charge on any atom is -0.378 e. The molecule has 1 aliphatic carbocycles. The molecule has 23 heavy (non-hydrogen) atoms. The summed E-state index contributed by atoms with van der Waals surface area (Å²) in [5.41, 5.74) is 2.59. The van der Waals surface area contributed by atoms with Crippen molar-refractivity contribution in [3.8, 4) is 0 Å². The first-order valence-corrected chi connectivity index (χ1v) is 8.98. The number of nitrogens with one attached hydrogen (secondary N) is 1. The van der Waals surface area contributed by atoms with E-state index in [2.05, 4.69) is 9.88 Å². The standard InChI is InChI=1S/C17H26N4O2/c22-16(20-8-10-23-11-9-20)12-21-7-3-6-15(21)17-18-13-4-1-2-5-14(13)19-17/h15H,1-12H2,(H,18,19)/t15-/m0/s1. The second-order valence-electron chi connectivity index (χ2n) is 6.88. The third-order valence-electron chi connectivity index (χ3n) is 5.35. The van der Waals surface area contributed by atoms with Gasteiger partial charge in [-0.2, -0.15) is 0 Å². The second-order valence-corrected chi connectivity index (χ2v) is 6.88. The Hall–Kier alpha value is -1.40. The average Bonchev–Trinajstić information content (AvgIpc) is 3.21. The molecule has 2 fully saturated rings. The maximum absolute atomic E-state index is 12.5. The van der Waals surface area contributed by atoms with Gasteiger partial charge in [0.2, 0.25) is 5.91 Å². The molecule has 0 spiro atoms. The molecule has 4 rings (SSSR count). The second kappa shape index (κ2) is 6.61. The zero-order chi connectivity index (χ0) is 15.6. The summed E-state index contributed by atoms with van der Waals surface area (Å²) in [6.45, 7) is 4.29. The van der Waals surface area contributed by atoms with Gasteiger partial charge in [-0.15, -0.1) is 0 Å². The van der Waals surface area contributed by atoms with E-state index in [1.165, 1.54) is 24.2 Å². The van der Waals surface area contributed by atoms with Crippen LogP contribution in [0.2, 0.25) is 0 Å². The van der Waals surface area contributed by atoms with E-state index in [4.69, 9.17) is 9.72 Å². The number of rotatable bonds is 3. The molecule has 6 nitrogen and oxygen atoms in total. The first-order valence-electron chi connectivity index (χ1n) is 8.98. The van der Waals surface area contributed by atoms with E-state index in [-0.39, 0.29) is 11.9 Å². The van der Waals surface area contributed by atoms with Crippen LogP contribution < -0.4 is 0 Å². The molecule has 0 unspecified atom stereocenters. The SMILES string of the molecule is O=C(CN1CCC[C@H]1c1nc2c([nH]1)CCCC2)N1CCOCC1. The number of aryl methyl sites for hydroxylation is 2. The zero-order valence-electron chi connectivity index (χ0n) is 13.7. The Balaban J connectivity index is 1.44. The van der Waals surface area contributed by atoms with Crippen LogP contribution in [0.25, 0.3) is 0 Å². The van der Waals surface area contributed by atoms with Crippen molar-refractivity contribution in [3.63, 3.8) is 0 Å². The van der Waals surface area contributed by atoms with Gasteiger partial charge in [-0.25, -0.2) is 4.98 Å². The van der Waals surface area contributed by atoms with E-state index in [9.17, 15) is 4.79 Å². The van der Waals surface area contributed by atoms with Crippen LogP contribution in [0.3, 0.4) is 0 Å². The van der Waals surface area contributed by atoms with Crippen LogP contribution in [0, 0.1) is 0 Å². The highest BCUT2D eigenvalue weighted by atomic mass is 16.5. The Bertz CT molecular complexity index is 541. The number of morpholine rings is 1. The summed E-state index contributed by atoms with van der Waals surface area (Å²) < 4.78 is 5.33. The molecular formula is C17H26N4O2. The van der Waals surface area contributed by atoms with E-state index in [1.807, 2.05) is 4.90 Å². The van der Waals surface area contributed by atoms with Gasteiger partial charge in [0.05, 0.1) is 31.5 Å². The maximum Gasteiger partial charge on any atom is 0.236 e. The topological polar surface area (TPSA) is 61.5 Å². The van der Waals surface area contributed by atoms with Gasteiger partial charge in [-0.05, 0) is 45.1 Å². The Morgan fingerprint density at radius 3 is 2.83 bits per heavy atom. The van der Waals surface area contributed by atoms with Gasteiger partial charge < -0.3 is 14.6 Å². The number of likely N-dealkylation sites (tertiary alicyclic amines) is 1. The fourth-order valence-corrected chi connectivity index (χ4v) is 4.04. The fraction of sp³-hybridized carbons (Fsp3) is 0.765. The normalized spacial score (nSPS) is 25.6. The lowest BCUT2D eigenvalue weighted by Gasteiger charge is -2.30. The Morgan fingerprint density at radius 2 is 2.00 bits per heavy atom. The van der Waals surface area contributed by atoms with Crippen LogP contribution in [-0.2, 0) is 22.4 Å². The summed E-state index contributed by atoms with van der Waals surface area (Å²) in [6.07, 6.45) is 6.99. The number of carbonyl (C=O) groups is 1. The number of hydrogen-bond acceptors (Lipinski definition) is 4. The van der Waals surface area contributed by atoms with Crippen LogP contribution in [0.1, 0.15) is 48.9 Å². The van der Waals surface area contributed by atoms with Crippen molar-refractivity contribution in [2.75, 3.05) is 39.4 Å². The van der Waals surface area contributed by atoms with Gasteiger partial charge in [0.15, 0.2) is 0 Å². The highest BCUT2D eigenvalue weighted by Crippen LogP contribution is 2.32. The average molecular weight is 318 g/mol. The minimum absolute atomic E-state index is 0.233. The number of carbonyl (C=O) groups excluding carboxylic acids is 1. The van der Waals surface area contributed by atoms with E-state index < -0.39 is 0 Å². The van der Waals surface area contributed by atoms with E-state index >= 15 is 0 Å². The summed E-state index contributed by atoms with van der Waals surface area (Å²) in [7, 11) is 0. The van der Waals surface area contributed by atoms with Gasteiger partial charge >= 0.3 is 0 Å². The molecule has 3 heterocycles. The fourth-order valence-electron chi connectivity index (χ4n) is 4.04. The van der Waals surface area contributed by atoms with Gasteiger partial charge in [-0.1, -0.05) is 0 Å². The molecule has 1 amide bonds. The quantitative estimate of drug-likeness (QED) is 0.912. The third-order valence-corrected chi connectivity index (χ3v) is 5.35. The molecule has 1 atom stereocenters. The number of aromatic amines is 1. The third kappa shape index (κ3) is 3.15. The van der Waals surface area contributed by atoms with Crippen molar-refractivity contribution in [2.45, 2.75) is 44.6 Å². The molecule has 3 aliphatic rings. The lowest BCUT2D eigenvalue weighted by molar-refractivity contribution is -0.136. The highest BCUT2D eigenvalue weighted by Gasteiger charge is 2.32. The van der Waals surface area contributed by atoms with Crippen LogP contribution in [0.5, 0.6) is 0 Å². The molecule has 2 aliphatic heterocycles. The van der Waals surface area contributed by atoms with Crippen molar-refractivity contribution < 1.29 is 9.53 Å². The molecule has 0 bridgehead atoms. The molecule has 0 radical (unpaired) electrons. The number of imidazole rings is 1. The van der Waals surface area contributed by atoms with Crippen molar-refractivity contribution in [3.05, 3.63) is 17.2 Å². The zero-order valence-corrected chi connectivity index (χ0v) is 13.7. The van der Waals surface area contributed by atoms with Gasteiger partial charge in [-0.3, -0.25) is 9.69 Å². The Morgan fingerprint density at radius 1 is 1.17 bits per heavy atom. The van der Waals surface area contributed by atoms with Crippen molar-refractivity contribution in [2.24, 2.45) is 0 Å². The summed E-state index contributed by atoms with van der Waals surface area (Å²) in [5.74, 6) is 1.32. The predicted octanol–water partition coefficient (Wildman–Crippen LogP) is 1.28. The number of ether oxygens (including phenoxy) is 1. The number of fused-ring (bicyclic) bond motifs is 1. The molecule has 6 heteroatoms. The maximum atomic E-state index is 12.5. The molecule has 1 aromatic rings. The lowest BCUT2D eigenvalue weighted by Crippen LogP contribution is -2.45. The number of hydrogen-bond donors (Lipinski definition) is 1. The van der Waals surface area contributed by atoms with Gasteiger partial charge in [0.1, 0.15) is 5.82 Å². The first-order chi connectivity index (χ1) is 11.3. The monoisotopic (exact) mass is 318 g/mol. The lowest BCUT2D eigenvalue weighted by atomic mass is 10.0. The molecule has 0 aromatic carbocycles. The van der Waals surface area contributed by atoms with E-state index in [0.29, 0.717) is 19.8 Å². The molecule has 126 valence electrons. The number of nitrogens with zero attached hydrogens (tertiary/aromatic N) is 3. The summed E-state index contributed by atoms with van der Waals surface area (Å²) in [5, 5.41) is 0. The largest absolute Gasteiger partial charge is 0.378 e. The first kappa shape index (κ1) is 15.1. The molecule has 2 saturated heterocycles. The van der Waals surface area contributed by atoms with Crippen LogP contribution in [0.4, 0.5) is 0 Å². The van der Waals surface area contributed by atoms with Crippen molar-refractivity contribution in [1.29, 1.82) is 0 Å². The Kier molecular flexibility index (Phi) is 4.35. The molecular weight excluding hydrogens is 292 g/mol. The van der Waals surface area contributed by atoms with Crippen LogP contribution in [0.15, 0.2) is 0 Å². The molecule has 1 aromatic heterocycles. The van der Waals surface area contributed by atoms with Crippen molar-refractivity contribution in [1.82, 2.24) is 19.8 Å². The van der Waals surface area contributed by atoms with Gasteiger partial charge in [0.25, 0.3) is 0 Å². The van der Waals surface area contributed by atoms with Crippen LogP contribution in [-0.4, -0.2) is 65.1 Å².